The van der Waals surface area contributed by atoms with E-state index in [2.05, 4.69) is 19.8 Å². The summed E-state index contributed by atoms with van der Waals surface area (Å²) in [6.07, 6.45) is 0.0288. The fraction of sp³-hybridized carbons (Fsp3) is 0.292. The van der Waals surface area contributed by atoms with Crippen molar-refractivity contribution in [3.63, 3.8) is 0 Å². The van der Waals surface area contributed by atoms with Gasteiger partial charge >= 0.3 is 6.09 Å². The van der Waals surface area contributed by atoms with Gasteiger partial charge in [-0.2, -0.15) is 0 Å². The third-order valence-corrected chi connectivity index (χ3v) is 8.17. The molecule has 0 radical (unpaired) electrons. The molecule has 1 heterocycles. The van der Waals surface area contributed by atoms with Crippen molar-refractivity contribution < 1.29 is 37.3 Å². The fourth-order valence-corrected chi connectivity index (χ4v) is 6.29. The molecule has 2 aliphatic rings. The standard InChI is InChI=1S/C24H28N4O8S2/c1-13(2)10-11-24(26-23(31)32)16-7-5-4-6-15(16)20(29)19(21(24)30)22-25-17-9-8-14(27-37(3,33)34)12-18(17)38(35,36)28-22/h4-9,12-13,26-27,29,35-36H,10-11H2,1-3H3,(H,25,28)(H,31,32). The number of aliphatic hydroxyl groups is 1. The van der Waals surface area contributed by atoms with Crippen molar-refractivity contribution >= 4 is 55.6 Å². The van der Waals surface area contributed by atoms with Gasteiger partial charge in [-0.1, -0.05) is 48.9 Å². The number of amides is 1. The normalized spacial score (nSPS) is 21.1. The van der Waals surface area contributed by atoms with Crippen molar-refractivity contribution in [2.45, 2.75) is 37.1 Å². The van der Waals surface area contributed by atoms with Crippen LogP contribution in [0.3, 0.4) is 0 Å². The molecule has 14 heteroatoms. The minimum Gasteiger partial charge on any atom is -0.506 e. The van der Waals surface area contributed by atoms with E-state index in [1.54, 1.807) is 18.2 Å². The van der Waals surface area contributed by atoms with Crippen LogP contribution in [-0.2, 0) is 20.4 Å². The number of sulfonamides is 1. The molecule has 0 saturated heterocycles. The summed E-state index contributed by atoms with van der Waals surface area (Å²) in [5.74, 6) is -1.56. The maximum absolute atomic E-state index is 14.1. The second-order valence-corrected chi connectivity index (χ2v) is 12.9. The molecule has 1 unspecified atom stereocenters. The van der Waals surface area contributed by atoms with E-state index in [9.17, 15) is 37.3 Å². The first-order chi connectivity index (χ1) is 17.6. The first-order valence-electron chi connectivity index (χ1n) is 11.5. The molecular weight excluding hydrogens is 536 g/mol. The van der Waals surface area contributed by atoms with Crippen LogP contribution in [0.15, 0.2) is 57.3 Å². The predicted octanol–water partition coefficient (Wildman–Crippen LogP) is 4.36. The Morgan fingerprint density at radius 2 is 1.87 bits per heavy atom. The summed E-state index contributed by atoms with van der Waals surface area (Å²) in [6, 6.07) is 10.3. The third kappa shape index (κ3) is 5.07. The second kappa shape index (κ2) is 9.62. The molecule has 0 aromatic heterocycles. The lowest BCUT2D eigenvalue weighted by Crippen LogP contribution is -2.55. The summed E-state index contributed by atoms with van der Waals surface area (Å²) in [4.78, 5) is 25.9. The first-order valence-corrected chi connectivity index (χ1v) is 14.9. The number of hydrogen-bond acceptors (Lipinski definition) is 9. The minimum atomic E-state index is -3.97. The zero-order valence-corrected chi connectivity index (χ0v) is 22.4. The van der Waals surface area contributed by atoms with Crippen molar-refractivity contribution in [1.29, 1.82) is 0 Å². The van der Waals surface area contributed by atoms with Gasteiger partial charge in [0.1, 0.15) is 21.8 Å². The molecule has 1 aliphatic heterocycles. The van der Waals surface area contributed by atoms with Crippen molar-refractivity contribution in [3.05, 3.63) is 59.2 Å². The van der Waals surface area contributed by atoms with Gasteiger partial charge in [-0.25, -0.2) is 13.2 Å². The Balaban J connectivity index is 1.88. The van der Waals surface area contributed by atoms with E-state index in [0.717, 1.165) is 6.26 Å². The largest absolute Gasteiger partial charge is 0.506 e. The molecule has 2 aromatic rings. The molecule has 0 fully saturated rings. The number of aliphatic hydroxyl groups excluding tert-OH is 1. The van der Waals surface area contributed by atoms with Crippen LogP contribution in [0.4, 0.5) is 16.2 Å². The molecule has 38 heavy (non-hydrogen) atoms. The van der Waals surface area contributed by atoms with Gasteiger partial charge in [-0.15, -0.1) is 4.40 Å². The minimum absolute atomic E-state index is 0.0646. The average Bonchev–Trinajstić information content (AvgIpc) is 2.80. The molecule has 1 aliphatic carbocycles. The van der Waals surface area contributed by atoms with E-state index >= 15 is 0 Å². The lowest BCUT2D eigenvalue weighted by atomic mass is 9.71. The number of nitrogens with one attached hydrogen (secondary N) is 3. The predicted molar refractivity (Wildman–Crippen MR) is 145 cm³/mol. The Morgan fingerprint density at radius 1 is 1.18 bits per heavy atom. The second-order valence-electron chi connectivity index (χ2n) is 9.54. The number of ketones is 1. The van der Waals surface area contributed by atoms with Crippen LogP contribution in [0, 0.1) is 5.92 Å². The summed E-state index contributed by atoms with van der Waals surface area (Å²) in [5.41, 5.74) is -1.54. The first kappa shape index (κ1) is 27.4. The summed E-state index contributed by atoms with van der Waals surface area (Å²) >= 11 is 0. The third-order valence-electron chi connectivity index (χ3n) is 6.20. The highest BCUT2D eigenvalue weighted by molar-refractivity contribution is 8.23. The highest BCUT2D eigenvalue weighted by atomic mass is 32.3. The number of rotatable bonds is 7. The van der Waals surface area contributed by atoms with E-state index < -0.39 is 49.5 Å². The molecule has 0 saturated carbocycles. The summed E-state index contributed by atoms with van der Waals surface area (Å²) in [7, 11) is -7.62. The molecule has 7 N–H and O–H groups in total. The Morgan fingerprint density at radius 3 is 2.50 bits per heavy atom. The van der Waals surface area contributed by atoms with E-state index in [0.29, 0.717) is 6.42 Å². The summed E-state index contributed by atoms with van der Waals surface area (Å²) < 4.78 is 51.1. The van der Waals surface area contributed by atoms with Gasteiger partial charge in [0.25, 0.3) is 0 Å². The molecule has 204 valence electrons. The highest BCUT2D eigenvalue weighted by Gasteiger charge is 2.50. The Hall–Kier alpha value is -3.59. The Kier molecular flexibility index (Phi) is 6.95. The highest BCUT2D eigenvalue weighted by Crippen LogP contribution is 2.57. The van der Waals surface area contributed by atoms with E-state index in [-0.39, 0.29) is 45.6 Å². The molecular formula is C24H28N4O8S2. The number of nitrogens with zero attached hydrogens (tertiary/aromatic N) is 1. The summed E-state index contributed by atoms with van der Waals surface area (Å²) in [6.45, 7) is 3.85. The van der Waals surface area contributed by atoms with Crippen molar-refractivity contribution in [3.8, 4) is 0 Å². The van der Waals surface area contributed by atoms with Gasteiger partial charge in [0.15, 0.2) is 5.84 Å². The van der Waals surface area contributed by atoms with E-state index in [1.165, 1.54) is 24.3 Å². The lowest BCUT2D eigenvalue weighted by molar-refractivity contribution is -0.122. The van der Waals surface area contributed by atoms with E-state index in [4.69, 9.17) is 0 Å². The van der Waals surface area contributed by atoms with Gasteiger partial charge < -0.3 is 20.8 Å². The number of anilines is 2. The van der Waals surface area contributed by atoms with Crippen LogP contribution in [0.1, 0.15) is 37.8 Å². The topological polar surface area (TPSA) is 198 Å². The molecule has 0 spiro atoms. The zero-order chi connectivity index (χ0) is 28.0. The number of Topliss-reactive ketones (excluding diaryl/α,β-unsaturated/α-hetero) is 1. The van der Waals surface area contributed by atoms with Crippen LogP contribution < -0.4 is 15.4 Å². The number of carbonyl (C=O) groups is 2. The SMILES string of the molecule is CC(C)CCC1(NC(=O)O)C(=O)C(C2=NS(O)(O)c3cc(NS(C)(=O)=O)ccc3N2)=C(O)c2ccccc21. The number of amidine groups is 1. The van der Waals surface area contributed by atoms with Crippen LogP contribution in [0.25, 0.3) is 5.76 Å². The lowest BCUT2D eigenvalue weighted by Gasteiger charge is -2.40. The van der Waals surface area contributed by atoms with Crippen LogP contribution >= 0.6 is 10.8 Å². The molecule has 12 nitrogen and oxygen atoms in total. The van der Waals surface area contributed by atoms with Gasteiger partial charge in [0.2, 0.25) is 15.8 Å². The quantitative estimate of drug-likeness (QED) is 0.255. The van der Waals surface area contributed by atoms with Gasteiger partial charge in [0.05, 0.1) is 17.6 Å². The van der Waals surface area contributed by atoms with Crippen molar-refractivity contribution in [2.75, 3.05) is 16.3 Å². The van der Waals surface area contributed by atoms with Crippen LogP contribution in [0.2, 0.25) is 0 Å². The van der Waals surface area contributed by atoms with Gasteiger partial charge in [0, 0.05) is 5.56 Å². The fourth-order valence-electron chi connectivity index (χ4n) is 4.55. The average molecular weight is 565 g/mol. The zero-order valence-electron chi connectivity index (χ0n) is 20.7. The Labute approximate surface area is 221 Å². The molecule has 1 atom stereocenters. The Bertz CT molecular complexity index is 1500. The monoisotopic (exact) mass is 564 g/mol. The number of hydrogen-bond donors (Lipinski definition) is 7. The number of fused-ring (bicyclic) bond motifs is 2. The molecule has 2 aromatic carbocycles. The van der Waals surface area contributed by atoms with Crippen molar-refractivity contribution in [1.82, 2.24) is 5.32 Å². The van der Waals surface area contributed by atoms with E-state index in [1.807, 2.05) is 13.8 Å². The maximum Gasteiger partial charge on any atom is 0.405 e. The molecule has 0 bridgehead atoms. The smallest absolute Gasteiger partial charge is 0.405 e. The number of carbonyl (C=O) groups excluding carboxylic acids is 1. The van der Waals surface area contributed by atoms with Gasteiger partial charge in [-0.3, -0.25) is 18.6 Å². The number of benzene rings is 2. The van der Waals surface area contributed by atoms with Gasteiger partial charge in [-0.05, 0) is 42.5 Å². The number of carboxylic acid groups (broad SMARTS) is 1. The van der Waals surface area contributed by atoms with Crippen LogP contribution in [-0.4, -0.2) is 51.7 Å². The van der Waals surface area contributed by atoms with Crippen molar-refractivity contribution in [2.24, 2.45) is 10.3 Å². The molecule has 1 amide bonds. The van der Waals surface area contributed by atoms with Crippen LogP contribution in [0.5, 0.6) is 0 Å². The molecule has 4 rings (SSSR count). The summed E-state index contributed by atoms with van der Waals surface area (Å²) in [5, 5.41) is 26.1. The maximum atomic E-state index is 14.1.